The fourth-order valence-corrected chi connectivity index (χ4v) is 3.15. The Labute approximate surface area is 187 Å². The van der Waals surface area contributed by atoms with E-state index in [0.717, 1.165) is 5.56 Å². The summed E-state index contributed by atoms with van der Waals surface area (Å²) in [7, 11) is 0. The van der Waals surface area contributed by atoms with Gasteiger partial charge in [0, 0.05) is 12.0 Å². The zero-order chi connectivity index (χ0) is 23.5. The highest BCUT2D eigenvalue weighted by Gasteiger charge is 2.28. The number of hydrogen-bond acceptors (Lipinski definition) is 4. The van der Waals surface area contributed by atoms with Crippen molar-refractivity contribution in [1.82, 2.24) is 16.0 Å². The van der Waals surface area contributed by atoms with Crippen LogP contribution in [0.3, 0.4) is 0 Å². The van der Waals surface area contributed by atoms with Gasteiger partial charge in [-0.3, -0.25) is 19.2 Å². The van der Waals surface area contributed by atoms with E-state index < -0.39 is 42.3 Å². The van der Waals surface area contributed by atoms with Crippen LogP contribution in [0.1, 0.15) is 36.2 Å². The molecular weight excluding hydrogens is 410 g/mol. The topological polar surface area (TPSA) is 125 Å². The van der Waals surface area contributed by atoms with E-state index in [1.807, 2.05) is 44.2 Å². The summed E-state index contributed by atoms with van der Waals surface area (Å²) in [6, 6.07) is 15.9. The van der Waals surface area contributed by atoms with Gasteiger partial charge >= 0.3 is 5.97 Å². The molecular formula is C24H29N3O5. The summed E-state index contributed by atoms with van der Waals surface area (Å²) in [6.45, 7) is 3.24. The van der Waals surface area contributed by atoms with Gasteiger partial charge in [-0.25, -0.2) is 0 Å². The van der Waals surface area contributed by atoms with Crippen LogP contribution in [0.2, 0.25) is 0 Å². The van der Waals surface area contributed by atoms with Crippen molar-refractivity contribution in [2.75, 3.05) is 6.54 Å². The zero-order valence-corrected chi connectivity index (χ0v) is 18.2. The van der Waals surface area contributed by atoms with Gasteiger partial charge < -0.3 is 21.1 Å². The number of benzene rings is 2. The van der Waals surface area contributed by atoms with Gasteiger partial charge in [-0.2, -0.15) is 0 Å². The Kier molecular flexibility index (Phi) is 9.41. The van der Waals surface area contributed by atoms with Crippen LogP contribution in [0.4, 0.5) is 0 Å². The molecule has 0 saturated heterocycles. The van der Waals surface area contributed by atoms with Crippen LogP contribution in [0.15, 0.2) is 60.7 Å². The van der Waals surface area contributed by atoms with Crippen molar-refractivity contribution in [2.24, 2.45) is 5.92 Å². The SMILES string of the molecule is CC(C)C[C@H](NC(=O)[C@H](Cc1ccccc1)NC(=O)c1ccccc1)C(=O)NCC(=O)O. The maximum absolute atomic E-state index is 13.1. The van der Waals surface area contributed by atoms with E-state index in [0.29, 0.717) is 12.0 Å². The Hall–Kier alpha value is -3.68. The summed E-state index contributed by atoms with van der Waals surface area (Å²) in [5.74, 6) is -2.61. The molecule has 0 aliphatic heterocycles. The molecule has 4 N–H and O–H groups in total. The van der Waals surface area contributed by atoms with Crippen LogP contribution in [-0.4, -0.2) is 47.4 Å². The quantitative estimate of drug-likeness (QED) is 0.425. The van der Waals surface area contributed by atoms with Gasteiger partial charge in [0.25, 0.3) is 5.91 Å². The van der Waals surface area contributed by atoms with Gasteiger partial charge in [-0.15, -0.1) is 0 Å². The van der Waals surface area contributed by atoms with E-state index in [1.165, 1.54) is 0 Å². The van der Waals surface area contributed by atoms with Crippen molar-refractivity contribution in [3.8, 4) is 0 Å². The lowest BCUT2D eigenvalue weighted by Gasteiger charge is -2.24. The van der Waals surface area contributed by atoms with E-state index in [2.05, 4.69) is 16.0 Å². The molecule has 0 aliphatic rings. The minimum absolute atomic E-state index is 0.0716. The molecule has 8 nitrogen and oxygen atoms in total. The van der Waals surface area contributed by atoms with E-state index in [1.54, 1.807) is 30.3 Å². The fraction of sp³-hybridized carbons (Fsp3) is 0.333. The highest BCUT2D eigenvalue weighted by atomic mass is 16.4. The largest absolute Gasteiger partial charge is 0.480 e. The minimum Gasteiger partial charge on any atom is -0.480 e. The maximum atomic E-state index is 13.1. The molecule has 0 fully saturated rings. The lowest BCUT2D eigenvalue weighted by molar-refractivity contribution is -0.138. The van der Waals surface area contributed by atoms with Gasteiger partial charge in [0.05, 0.1) is 0 Å². The van der Waals surface area contributed by atoms with Crippen molar-refractivity contribution < 1.29 is 24.3 Å². The normalized spacial score (nSPS) is 12.5. The van der Waals surface area contributed by atoms with E-state index in [9.17, 15) is 19.2 Å². The molecule has 2 rings (SSSR count). The van der Waals surface area contributed by atoms with E-state index in [4.69, 9.17) is 5.11 Å². The molecule has 0 unspecified atom stereocenters. The molecule has 0 saturated carbocycles. The van der Waals surface area contributed by atoms with Crippen molar-refractivity contribution >= 4 is 23.7 Å². The van der Waals surface area contributed by atoms with Gasteiger partial charge in [0.2, 0.25) is 11.8 Å². The minimum atomic E-state index is -1.18. The molecule has 0 aliphatic carbocycles. The van der Waals surface area contributed by atoms with Crippen LogP contribution in [-0.2, 0) is 20.8 Å². The monoisotopic (exact) mass is 439 g/mol. The summed E-state index contributed by atoms with van der Waals surface area (Å²) < 4.78 is 0. The van der Waals surface area contributed by atoms with Gasteiger partial charge in [-0.1, -0.05) is 62.4 Å². The second-order valence-corrected chi connectivity index (χ2v) is 7.88. The summed E-state index contributed by atoms with van der Waals surface area (Å²) in [5, 5.41) is 16.6. The third-order valence-corrected chi connectivity index (χ3v) is 4.69. The summed E-state index contributed by atoms with van der Waals surface area (Å²) in [4.78, 5) is 49.1. The van der Waals surface area contributed by atoms with Crippen molar-refractivity contribution in [3.63, 3.8) is 0 Å². The molecule has 0 heterocycles. The second kappa shape index (κ2) is 12.2. The molecule has 8 heteroatoms. The fourth-order valence-electron chi connectivity index (χ4n) is 3.15. The Morgan fingerprint density at radius 3 is 1.97 bits per heavy atom. The van der Waals surface area contributed by atoms with Crippen molar-refractivity contribution in [1.29, 1.82) is 0 Å². The first-order chi connectivity index (χ1) is 15.3. The molecule has 0 radical (unpaired) electrons. The Morgan fingerprint density at radius 2 is 1.41 bits per heavy atom. The average Bonchev–Trinajstić information content (AvgIpc) is 2.77. The number of hydrogen-bond donors (Lipinski definition) is 4. The lowest BCUT2D eigenvalue weighted by atomic mass is 10.0. The predicted molar refractivity (Wildman–Crippen MR) is 120 cm³/mol. The highest BCUT2D eigenvalue weighted by molar-refractivity contribution is 5.98. The number of rotatable bonds is 11. The van der Waals surface area contributed by atoms with Gasteiger partial charge in [0.15, 0.2) is 0 Å². The lowest BCUT2D eigenvalue weighted by Crippen LogP contribution is -2.55. The number of carboxylic acid groups (broad SMARTS) is 1. The average molecular weight is 440 g/mol. The molecule has 170 valence electrons. The number of carbonyl (C=O) groups is 4. The third kappa shape index (κ3) is 8.22. The second-order valence-electron chi connectivity index (χ2n) is 7.88. The predicted octanol–water partition coefficient (Wildman–Crippen LogP) is 1.76. The van der Waals surface area contributed by atoms with Crippen LogP contribution in [0.25, 0.3) is 0 Å². The first-order valence-corrected chi connectivity index (χ1v) is 10.5. The first-order valence-electron chi connectivity index (χ1n) is 10.5. The summed E-state index contributed by atoms with van der Waals surface area (Å²) >= 11 is 0. The van der Waals surface area contributed by atoms with E-state index >= 15 is 0 Å². The van der Waals surface area contributed by atoms with Crippen LogP contribution in [0, 0.1) is 5.92 Å². The third-order valence-electron chi connectivity index (χ3n) is 4.69. The summed E-state index contributed by atoms with van der Waals surface area (Å²) in [6.07, 6.45) is 0.554. The molecule has 2 aromatic rings. The number of aliphatic carboxylic acids is 1. The van der Waals surface area contributed by atoms with Crippen molar-refractivity contribution in [2.45, 2.75) is 38.8 Å². The molecule has 32 heavy (non-hydrogen) atoms. The number of carbonyl (C=O) groups excluding carboxylic acids is 3. The molecule has 0 bridgehead atoms. The van der Waals surface area contributed by atoms with Crippen LogP contribution < -0.4 is 16.0 Å². The molecule has 3 amide bonds. The number of carboxylic acids is 1. The van der Waals surface area contributed by atoms with Crippen LogP contribution in [0.5, 0.6) is 0 Å². The number of nitrogens with one attached hydrogen (secondary N) is 3. The smallest absolute Gasteiger partial charge is 0.322 e. The number of amides is 3. The van der Waals surface area contributed by atoms with Gasteiger partial charge in [-0.05, 0) is 30.0 Å². The first kappa shape index (κ1) is 24.6. The molecule has 0 aromatic heterocycles. The van der Waals surface area contributed by atoms with E-state index in [-0.39, 0.29) is 12.3 Å². The summed E-state index contributed by atoms with van der Waals surface area (Å²) in [5.41, 5.74) is 1.26. The zero-order valence-electron chi connectivity index (χ0n) is 18.2. The maximum Gasteiger partial charge on any atom is 0.322 e. The Balaban J connectivity index is 2.19. The molecule has 0 spiro atoms. The molecule has 2 aromatic carbocycles. The molecule has 2 atom stereocenters. The standard InChI is InChI=1S/C24H29N3O5/c1-16(2)13-19(23(31)25-15-21(28)29)27-24(32)20(14-17-9-5-3-6-10-17)26-22(30)18-11-7-4-8-12-18/h3-12,16,19-20H,13-15H2,1-2H3,(H,25,31)(H,26,30)(H,27,32)(H,28,29)/t19-,20-/m0/s1. The Bertz CT molecular complexity index is 916. The van der Waals surface area contributed by atoms with Crippen LogP contribution >= 0.6 is 0 Å². The van der Waals surface area contributed by atoms with Gasteiger partial charge in [0.1, 0.15) is 18.6 Å². The van der Waals surface area contributed by atoms with Crippen molar-refractivity contribution in [3.05, 3.63) is 71.8 Å². The highest BCUT2D eigenvalue weighted by Crippen LogP contribution is 2.09. The Morgan fingerprint density at radius 1 is 0.812 bits per heavy atom.